The number of fused-ring (bicyclic) bond motifs is 1. The first kappa shape index (κ1) is 19.3. The molecule has 152 valence electrons. The number of hydrogen-bond donors (Lipinski definition) is 0. The van der Waals surface area contributed by atoms with Gasteiger partial charge in [-0.2, -0.15) is 0 Å². The Morgan fingerprint density at radius 2 is 1.66 bits per heavy atom. The predicted octanol–water partition coefficient (Wildman–Crippen LogP) is 2.88. The first-order valence-corrected chi connectivity index (χ1v) is 9.69. The molecule has 2 heterocycles. The van der Waals surface area contributed by atoms with Gasteiger partial charge >= 0.3 is 6.03 Å². The number of urea groups is 1. The quantitative estimate of drug-likeness (QED) is 0.729. The third-order valence-corrected chi connectivity index (χ3v) is 5.62. The highest BCUT2D eigenvalue weighted by molar-refractivity contribution is 6.14. The van der Waals surface area contributed by atoms with Crippen molar-refractivity contribution in [2.75, 3.05) is 32.3 Å². The normalized spacial score (nSPS) is 19.5. The fourth-order valence-electron chi connectivity index (χ4n) is 4.04. The van der Waals surface area contributed by atoms with Crippen LogP contribution < -0.4 is 14.4 Å². The van der Waals surface area contributed by atoms with Crippen LogP contribution in [0.3, 0.4) is 0 Å². The maximum absolute atomic E-state index is 13.0. The molecule has 0 spiro atoms. The minimum absolute atomic E-state index is 0.169. The molecular weight excluding hydrogens is 370 g/mol. The van der Waals surface area contributed by atoms with Gasteiger partial charge in [-0.3, -0.25) is 14.6 Å². The summed E-state index contributed by atoms with van der Waals surface area (Å²) in [4.78, 5) is 30.8. The van der Waals surface area contributed by atoms with E-state index in [-0.39, 0.29) is 18.6 Å². The monoisotopic (exact) mass is 395 g/mol. The number of amides is 3. The summed E-state index contributed by atoms with van der Waals surface area (Å²) in [6, 6.07) is 12.5. The van der Waals surface area contributed by atoms with E-state index >= 15 is 0 Å². The van der Waals surface area contributed by atoms with Crippen LogP contribution in [0.25, 0.3) is 0 Å². The number of para-hydroxylation sites is 1. The lowest BCUT2D eigenvalue weighted by Crippen LogP contribution is -2.44. The molecule has 7 nitrogen and oxygen atoms in total. The molecule has 0 saturated carbocycles. The molecule has 3 amide bonds. The number of imide groups is 1. The molecule has 2 aliphatic heterocycles. The van der Waals surface area contributed by atoms with Gasteiger partial charge in [0.2, 0.25) is 0 Å². The van der Waals surface area contributed by atoms with Crippen LogP contribution in [-0.2, 0) is 17.8 Å². The zero-order chi connectivity index (χ0) is 20.5. The van der Waals surface area contributed by atoms with Crippen molar-refractivity contribution in [3.8, 4) is 11.5 Å². The second-order valence-corrected chi connectivity index (χ2v) is 7.35. The number of carbonyl (C=O) groups is 2. The highest BCUT2D eigenvalue weighted by Crippen LogP contribution is 2.33. The van der Waals surface area contributed by atoms with Gasteiger partial charge in [-0.25, -0.2) is 9.69 Å². The molecule has 2 aliphatic rings. The average molecular weight is 395 g/mol. The van der Waals surface area contributed by atoms with E-state index < -0.39 is 6.04 Å². The number of nitrogens with zero attached hydrogens (tertiary/aromatic N) is 3. The van der Waals surface area contributed by atoms with Gasteiger partial charge < -0.3 is 9.47 Å². The Bertz CT molecular complexity index is 931. The molecule has 29 heavy (non-hydrogen) atoms. The standard InChI is InChI=1S/C22H25N3O4/c1-15-21(26)24(22(27)25(15)18-7-5-4-6-8-18)14-23-10-9-16-11-19(28-2)20(29-3)12-17(16)13-23/h4-8,11-12,15H,9-10,13-14H2,1-3H3. The largest absolute Gasteiger partial charge is 0.493 e. The third-order valence-electron chi connectivity index (χ3n) is 5.62. The SMILES string of the molecule is COc1cc2c(cc1OC)CN(CN1C(=O)C(C)N(c3ccccc3)C1=O)CC2. The van der Waals surface area contributed by atoms with Crippen molar-refractivity contribution < 1.29 is 19.1 Å². The zero-order valence-corrected chi connectivity index (χ0v) is 16.9. The van der Waals surface area contributed by atoms with E-state index in [4.69, 9.17) is 9.47 Å². The maximum Gasteiger partial charge on any atom is 0.333 e. The molecular formula is C22H25N3O4. The molecule has 7 heteroatoms. The van der Waals surface area contributed by atoms with Crippen molar-refractivity contribution in [3.05, 3.63) is 53.6 Å². The second-order valence-electron chi connectivity index (χ2n) is 7.35. The van der Waals surface area contributed by atoms with Crippen LogP contribution >= 0.6 is 0 Å². The van der Waals surface area contributed by atoms with E-state index in [1.54, 1.807) is 26.0 Å². The van der Waals surface area contributed by atoms with Crippen molar-refractivity contribution >= 4 is 17.6 Å². The number of benzene rings is 2. The fraction of sp³-hybridized carbons (Fsp3) is 0.364. The molecule has 1 fully saturated rings. The molecule has 1 saturated heterocycles. The second kappa shape index (κ2) is 7.75. The van der Waals surface area contributed by atoms with Crippen LogP contribution in [0.2, 0.25) is 0 Å². The summed E-state index contributed by atoms with van der Waals surface area (Å²) < 4.78 is 10.8. The summed E-state index contributed by atoms with van der Waals surface area (Å²) in [5.74, 6) is 1.24. The molecule has 0 bridgehead atoms. The molecule has 4 rings (SSSR count). The minimum Gasteiger partial charge on any atom is -0.493 e. The summed E-state index contributed by atoms with van der Waals surface area (Å²) in [5.41, 5.74) is 3.07. The van der Waals surface area contributed by atoms with Crippen LogP contribution in [-0.4, -0.2) is 55.2 Å². The Kier molecular flexibility index (Phi) is 5.15. The van der Waals surface area contributed by atoms with Crippen molar-refractivity contribution in [1.29, 1.82) is 0 Å². The van der Waals surface area contributed by atoms with Gasteiger partial charge in [0.05, 0.1) is 20.9 Å². The van der Waals surface area contributed by atoms with E-state index in [2.05, 4.69) is 4.90 Å². The molecule has 2 aromatic carbocycles. The molecule has 0 aliphatic carbocycles. The first-order valence-electron chi connectivity index (χ1n) is 9.69. The highest BCUT2D eigenvalue weighted by atomic mass is 16.5. The smallest absolute Gasteiger partial charge is 0.333 e. The van der Waals surface area contributed by atoms with Crippen LogP contribution in [0, 0.1) is 0 Å². The maximum atomic E-state index is 13.0. The third kappa shape index (κ3) is 3.42. The van der Waals surface area contributed by atoms with Gasteiger partial charge in [0.1, 0.15) is 6.04 Å². The average Bonchev–Trinajstić information content (AvgIpc) is 2.96. The lowest BCUT2D eigenvalue weighted by Gasteiger charge is -2.31. The van der Waals surface area contributed by atoms with E-state index in [1.807, 2.05) is 42.5 Å². The topological polar surface area (TPSA) is 62.3 Å². The highest BCUT2D eigenvalue weighted by Gasteiger charge is 2.44. The van der Waals surface area contributed by atoms with Gasteiger partial charge in [-0.15, -0.1) is 0 Å². The van der Waals surface area contributed by atoms with Gasteiger partial charge in [0.15, 0.2) is 11.5 Å². The van der Waals surface area contributed by atoms with Crippen molar-refractivity contribution in [3.63, 3.8) is 0 Å². The number of ether oxygens (including phenoxy) is 2. The lowest BCUT2D eigenvalue weighted by atomic mass is 9.99. The Labute approximate surface area is 170 Å². The fourth-order valence-corrected chi connectivity index (χ4v) is 4.04. The van der Waals surface area contributed by atoms with Crippen molar-refractivity contribution in [2.45, 2.75) is 25.9 Å². The Hall–Kier alpha value is -3.06. The van der Waals surface area contributed by atoms with Crippen LogP contribution in [0.1, 0.15) is 18.1 Å². The van der Waals surface area contributed by atoms with Gasteiger partial charge in [-0.05, 0) is 48.7 Å². The molecule has 2 aromatic rings. The van der Waals surface area contributed by atoms with E-state index in [0.717, 1.165) is 30.0 Å². The Morgan fingerprint density at radius 1 is 1.00 bits per heavy atom. The molecule has 1 atom stereocenters. The summed E-state index contributed by atoms with van der Waals surface area (Å²) >= 11 is 0. The van der Waals surface area contributed by atoms with Gasteiger partial charge in [-0.1, -0.05) is 18.2 Å². The van der Waals surface area contributed by atoms with Gasteiger partial charge in [0.25, 0.3) is 5.91 Å². The number of hydrogen-bond acceptors (Lipinski definition) is 5. The number of carbonyl (C=O) groups excluding carboxylic acids is 2. The summed E-state index contributed by atoms with van der Waals surface area (Å²) in [6.07, 6.45) is 0.823. The van der Waals surface area contributed by atoms with Crippen LogP contribution in [0.5, 0.6) is 11.5 Å². The van der Waals surface area contributed by atoms with Crippen LogP contribution in [0.15, 0.2) is 42.5 Å². The summed E-state index contributed by atoms with van der Waals surface area (Å²) in [6.45, 7) is 3.46. The summed E-state index contributed by atoms with van der Waals surface area (Å²) in [5, 5.41) is 0. The Morgan fingerprint density at radius 3 is 2.31 bits per heavy atom. The van der Waals surface area contributed by atoms with E-state index in [9.17, 15) is 9.59 Å². The van der Waals surface area contributed by atoms with E-state index in [1.165, 1.54) is 10.5 Å². The number of methoxy groups -OCH3 is 2. The minimum atomic E-state index is -0.508. The van der Waals surface area contributed by atoms with E-state index in [0.29, 0.717) is 12.3 Å². The molecule has 0 radical (unpaired) electrons. The van der Waals surface area contributed by atoms with Crippen LogP contribution in [0.4, 0.5) is 10.5 Å². The Balaban J connectivity index is 1.52. The van der Waals surface area contributed by atoms with Gasteiger partial charge in [0, 0.05) is 18.8 Å². The first-order chi connectivity index (χ1) is 14.0. The summed E-state index contributed by atoms with van der Waals surface area (Å²) in [7, 11) is 3.25. The lowest BCUT2D eigenvalue weighted by molar-refractivity contribution is -0.128. The number of rotatable bonds is 5. The predicted molar refractivity (Wildman–Crippen MR) is 109 cm³/mol. The van der Waals surface area contributed by atoms with Crippen molar-refractivity contribution in [1.82, 2.24) is 9.80 Å². The molecule has 1 unspecified atom stereocenters. The zero-order valence-electron chi connectivity index (χ0n) is 16.9. The van der Waals surface area contributed by atoms with Crippen molar-refractivity contribution in [2.24, 2.45) is 0 Å². The molecule has 0 aromatic heterocycles. The molecule has 0 N–H and O–H groups in total. The number of anilines is 1.